The molecule has 0 aliphatic rings. The van der Waals surface area contributed by atoms with Crippen molar-refractivity contribution in [3.63, 3.8) is 0 Å². The zero-order chi connectivity index (χ0) is 14.7. The van der Waals surface area contributed by atoms with E-state index in [0.29, 0.717) is 0 Å². The second-order valence-corrected chi connectivity index (χ2v) is 3.73. The molecule has 0 spiro atoms. The van der Waals surface area contributed by atoms with Crippen molar-refractivity contribution in [1.29, 1.82) is 0 Å². The minimum absolute atomic E-state index is 0.0958. The third kappa shape index (κ3) is 11.3. The Labute approximate surface area is 105 Å². The van der Waals surface area contributed by atoms with E-state index >= 15 is 0 Å². The van der Waals surface area contributed by atoms with Crippen LogP contribution in [-0.2, 0) is 9.59 Å². The van der Waals surface area contributed by atoms with Crippen molar-refractivity contribution in [2.75, 3.05) is 0 Å². The highest BCUT2D eigenvalue weighted by molar-refractivity contribution is 5.83. The topological polar surface area (TPSA) is 167 Å². The van der Waals surface area contributed by atoms with Crippen molar-refractivity contribution in [2.24, 2.45) is 11.5 Å². The highest BCUT2D eigenvalue weighted by Gasteiger charge is 2.29. The summed E-state index contributed by atoms with van der Waals surface area (Å²) < 4.78 is 0. The van der Waals surface area contributed by atoms with Gasteiger partial charge in [-0.05, 0) is 6.42 Å². The maximum absolute atomic E-state index is 9.77. The maximum atomic E-state index is 9.77. The number of aliphatic hydroxyl groups excluding tert-OH is 2. The van der Waals surface area contributed by atoms with Gasteiger partial charge in [0.05, 0.1) is 6.17 Å². The van der Waals surface area contributed by atoms with E-state index in [1.165, 1.54) is 19.3 Å². The fourth-order valence-electron chi connectivity index (χ4n) is 0.900. The molecule has 8 nitrogen and oxygen atoms in total. The van der Waals surface area contributed by atoms with E-state index in [2.05, 4.69) is 6.92 Å². The van der Waals surface area contributed by atoms with Crippen molar-refractivity contribution in [2.45, 2.75) is 51.0 Å². The van der Waals surface area contributed by atoms with Crippen molar-refractivity contribution in [3.05, 3.63) is 0 Å². The summed E-state index contributed by atoms with van der Waals surface area (Å²) in [5.41, 5.74) is 10.6. The molecule has 108 valence electrons. The molecule has 0 heterocycles. The average Bonchev–Trinajstić information content (AvgIpc) is 2.27. The lowest BCUT2D eigenvalue weighted by Crippen LogP contribution is -2.39. The van der Waals surface area contributed by atoms with Crippen LogP contribution in [0.3, 0.4) is 0 Å². The van der Waals surface area contributed by atoms with Crippen LogP contribution in [-0.4, -0.2) is 50.7 Å². The Morgan fingerprint density at radius 3 is 1.61 bits per heavy atom. The quantitative estimate of drug-likeness (QED) is 0.244. The Morgan fingerprint density at radius 1 is 1.00 bits per heavy atom. The summed E-state index contributed by atoms with van der Waals surface area (Å²) in [6.07, 6.45) is 0.0103. The third-order valence-electron chi connectivity index (χ3n) is 1.95. The van der Waals surface area contributed by atoms with Gasteiger partial charge in [-0.3, -0.25) is 0 Å². The van der Waals surface area contributed by atoms with Gasteiger partial charge in [-0.2, -0.15) is 0 Å². The molecule has 0 bridgehead atoms. The largest absolute Gasteiger partial charge is 0.479 e. The van der Waals surface area contributed by atoms with Crippen LogP contribution >= 0.6 is 0 Å². The van der Waals surface area contributed by atoms with Crippen LogP contribution in [0.1, 0.15) is 32.6 Å². The van der Waals surface area contributed by atoms with E-state index in [4.69, 9.17) is 31.9 Å². The molecule has 0 saturated heterocycles. The number of carbonyl (C=O) groups is 2. The van der Waals surface area contributed by atoms with Gasteiger partial charge < -0.3 is 31.9 Å². The Bertz CT molecular complexity index is 229. The lowest BCUT2D eigenvalue weighted by atomic mass is 10.2. The number of hydrogen-bond donors (Lipinski definition) is 6. The molecule has 0 aromatic rings. The highest BCUT2D eigenvalue weighted by Crippen LogP contribution is 1.97. The minimum Gasteiger partial charge on any atom is -0.479 e. The molecule has 8 heteroatoms. The van der Waals surface area contributed by atoms with Crippen LogP contribution in [0, 0.1) is 0 Å². The summed E-state index contributed by atoms with van der Waals surface area (Å²) in [7, 11) is 0. The van der Waals surface area contributed by atoms with Crippen molar-refractivity contribution in [3.8, 4) is 0 Å². The standard InChI is InChI=1S/C6H16N2.C4H6O6/c1-2-3-4-5-6(7)8;5-1(3(7)8)2(6)4(9)10/h6H,2-5,7-8H2,1H3;1-2,5-6H,(H,7,8)(H,9,10). The molecule has 2 unspecified atom stereocenters. The Morgan fingerprint density at radius 2 is 1.39 bits per heavy atom. The van der Waals surface area contributed by atoms with Gasteiger partial charge in [0.25, 0.3) is 0 Å². The number of aliphatic carboxylic acids is 2. The normalized spacial score (nSPS) is 13.4. The smallest absolute Gasteiger partial charge is 0.335 e. The van der Waals surface area contributed by atoms with Gasteiger partial charge in [0.1, 0.15) is 0 Å². The molecule has 0 aliphatic heterocycles. The average molecular weight is 266 g/mol. The minimum atomic E-state index is -2.27. The first-order valence-electron chi connectivity index (χ1n) is 5.56. The molecule has 0 fully saturated rings. The molecular formula is C10H22N2O6. The van der Waals surface area contributed by atoms with Crippen molar-refractivity contribution >= 4 is 11.9 Å². The highest BCUT2D eigenvalue weighted by atomic mass is 16.4. The van der Waals surface area contributed by atoms with Crippen LogP contribution in [0.25, 0.3) is 0 Å². The summed E-state index contributed by atoms with van der Waals surface area (Å²) in [5, 5.41) is 32.5. The SMILES string of the molecule is CCCCCC(N)N.O=C(O)C(O)C(O)C(=O)O. The third-order valence-corrected chi connectivity index (χ3v) is 1.95. The first-order valence-corrected chi connectivity index (χ1v) is 5.56. The molecule has 0 aliphatic carbocycles. The summed E-state index contributed by atoms with van der Waals surface area (Å²) in [6, 6.07) is 0. The molecule has 2 atom stereocenters. The van der Waals surface area contributed by atoms with Crippen LogP contribution in [0.15, 0.2) is 0 Å². The lowest BCUT2D eigenvalue weighted by Gasteiger charge is -2.07. The Balaban J connectivity index is 0. The van der Waals surface area contributed by atoms with Crippen LogP contribution in [0.2, 0.25) is 0 Å². The number of hydrogen-bond acceptors (Lipinski definition) is 6. The fourth-order valence-corrected chi connectivity index (χ4v) is 0.900. The molecule has 0 rings (SSSR count). The second kappa shape index (κ2) is 10.9. The van der Waals surface area contributed by atoms with Crippen LogP contribution < -0.4 is 11.5 Å². The number of carboxylic acid groups (broad SMARTS) is 2. The molecule has 8 N–H and O–H groups in total. The summed E-state index contributed by atoms with van der Waals surface area (Å²) >= 11 is 0. The van der Waals surface area contributed by atoms with Gasteiger partial charge in [0.15, 0.2) is 12.2 Å². The van der Waals surface area contributed by atoms with E-state index in [-0.39, 0.29) is 6.17 Å². The van der Waals surface area contributed by atoms with E-state index in [1.807, 2.05) is 0 Å². The molecule has 0 aromatic heterocycles. The van der Waals surface area contributed by atoms with E-state index < -0.39 is 24.1 Å². The first kappa shape index (κ1) is 19.1. The van der Waals surface area contributed by atoms with Crippen molar-refractivity contribution < 1.29 is 30.0 Å². The number of unbranched alkanes of at least 4 members (excludes halogenated alkanes) is 2. The van der Waals surface area contributed by atoms with Gasteiger partial charge >= 0.3 is 11.9 Å². The Kier molecular flexibility index (Phi) is 11.6. The first-order chi connectivity index (χ1) is 8.23. The van der Waals surface area contributed by atoms with E-state index in [9.17, 15) is 9.59 Å². The fraction of sp³-hybridized carbons (Fsp3) is 0.800. The van der Waals surface area contributed by atoms with Gasteiger partial charge in [0, 0.05) is 0 Å². The monoisotopic (exact) mass is 266 g/mol. The zero-order valence-electron chi connectivity index (χ0n) is 10.3. The van der Waals surface area contributed by atoms with Crippen molar-refractivity contribution in [1.82, 2.24) is 0 Å². The number of rotatable bonds is 7. The van der Waals surface area contributed by atoms with E-state index in [0.717, 1.165) is 6.42 Å². The van der Waals surface area contributed by atoms with Gasteiger partial charge in [-0.25, -0.2) is 9.59 Å². The Hall–Kier alpha value is -1.22. The van der Waals surface area contributed by atoms with Gasteiger partial charge in [-0.1, -0.05) is 26.2 Å². The van der Waals surface area contributed by atoms with Gasteiger partial charge in [-0.15, -0.1) is 0 Å². The molecule has 0 amide bonds. The zero-order valence-corrected chi connectivity index (χ0v) is 10.3. The lowest BCUT2D eigenvalue weighted by molar-refractivity contribution is -0.165. The summed E-state index contributed by atoms with van der Waals surface area (Å²) in [4.78, 5) is 19.5. The van der Waals surface area contributed by atoms with Crippen LogP contribution in [0.4, 0.5) is 0 Å². The summed E-state index contributed by atoms with van der Waals surface area (Å²) in [6.45, 7) is 2.17. The van der Waals surface area contributed by atoms with Gasteiger partial charge in [0.2, 0.25) is 0 Å². The van der Waals surface area contributed by atoms with Crippen LogP contribution in [0.5, 0.6) is 0 Å². The summed E-state index contributed by atoms with van der Waals surface area (Å²) in [5.74, 6) is -3.54. The molecular weight excluding hydrogens is 244 g/mol. The molecule has 0 aromatic carbocycles. The number of carboxylic acids is 2. The predicted molar refractivity (Wildman–Crippen MR) is 63.6 cm³/mol. The number of aliphatic hydroxyl groups is 2. The number of nitrogens with two attached hydrogens (primary N) is 2. The maximum Gasteiger partial charge on any atom is 0.335 e. The predicted octanol–water partition coefficient (Wildman–Crippen LogP) is -1.31. The molecule has 0 saturated carbocycles. The molecule has 18 heavy (non-hydrogen) atoms. The second-order valence-electron chi connectivity index (χ2n) is 3.73. The van der Waals surface area contributed by atoms with E-state index in [1.54, 1.807) is 0 Å². The molecule has 0 radical (unpaired) electrons.